The second-order valence-electron chi connectivity index (χ2n) is 5.99. The summed E-state index contributed by atoms with van der Waals surface area (Å²) < 4.78 is 25.8. The molecule has 0 aromatic heterocycles. The highest BCUT2D eigenvalue weighted by Gasteiger charge is 2.20. The van der Waals surface area contributed by atoms with E-state index in [0.717, 1.165) is 23.1 Å². The largest absolute Gasteiger partial charge is 0.326 e. The maximum absolute atomic E-state index is 12.4. The first kappa shape index (κ1) is 19.4. The van der Waals surface area contributed by atoms with E-state index < -0.39 is 16.1 Å². The SMILES string of the molecule is Cc1cccc(NC(=O)C[C@H](NS(C)(=O)=O)c2ccc(Cl)cc2)c1C. The zero-order chi connectivity index (χ0) is 18.6. The van der Waals surface area contributed by atoms with Gasteiger partial charge in [0.25, 0.3) is 0 Å². The van der Waals surface area contributed by atoms with Crippen LogP contribution in [0.4, 0.5) is 5.69 Å². The molecule has 0 fully saturated rings. The summed E-state index contributed by atoms with van der Waals surface area (Å²) in [6.07, 6.45) is 1.04. The lowest BCUT2D eigenvalue weighted by Crippen LogP contribution is -2.30. The van der Waals surface area contributed by atoms with Crippen molar-refractivity contribution < 1.29 is 13.2 Å². The number of nitrogens with one attached hydrogen (secondary N) is 2. The average Bonchev–Trinajstić information content (AvgIpc) is 2.50. The molecule has 2 N–H and O–H groups in total. The van der Waals surface area contributed by atoms with E-state index in [1.807, 2.05) is 32.0 Å². The van der Waals surface area contributed by atoms with Crippen LogP contribution in [0.1, 0.15) is 29.2 Å². The van der Waals surface area contributed by atoms with E-state index in [-0.39, 0.29) is 12.3 Å². The number of benzene rings is 2. The highest BCUT2D eigenvalue weighted by atomic mass is 35.5. The molecule has 0 saturated heterocycles. The molecule has 0 aliphatic carbocycles. The Kier molecular flexibility index (Phi) is 6.21. The topological polar surface area (TPSA) is 75.3 Å². The van der Waals surface area contributed by atoms with Crippen molar-refractivity contribution >= 4 is 33.2 Å². The van der Waals surface area contributed by atoms with Gasteiger partial charge in [-0.1, -0.05) is 35.9 Å². The molecule has 7 heteroatoms. The van der Waals surface area contributed by atoms with Gasteiger partial charge in [-0.3, -0.25) is 4.79 Å². The Balaban J connectivity index is 2.19. The molecule has 134 valence electrons. The number of hydrogen-bond acceptors (Lipinski definition) is 3. The van der Waals surface area contributed by atoms with Gasteiger partial charge in [-0.05, 0) is 48.7 Å². The van der Waals surface area contributed by atoms with Crippen LogP contribution < -0.4 is 10.0 Å². The van der Waals surface area contributed by atoms with Gasteiger partial charge < -0.3 is 5.32 Å². The lowest BCUT2D eigenvalue weighted by atomic mass is 10.0. The predicted octanol–water partition coefficient (Wildman–Crippen LogP) is 3.58. The van der Waals surface area contributed by atoms with Crippen molar-refractivity contribution in [1.82, 2.24) is 4.72 Å². The second-order valence-corrected chi connectivity index (χ2v) is 8.21. The zero-order valence-electron chi connectivity index (χ0n) is 14.3. The molecule has 5 nitrogen and oxygen atoms in total. The zero-order valence-corrected chi connectivity index (χ0v) is 15.9. The highest BCUT2D eigenvalue weighted by molar-refractivity contribution is 7.88. The minimum Gasteiger partial charge on any atom is -0.326 e. The van der Waals surface area contributed by atoms with Gasteiger partial charge in [0.2, 0.25) is 15.9 Å². The molecule has 0 radical (unpaired) electrons. The maximum Gasteiger partial charge on any atom is 0.226 e. The first-order valence-electron chi connectivity index (χ1n) is 7.74. The number of amides is 1. The smallest absolute Gasteiger partial charge is 0.226 e. The molecule has 0 unspecified atom stereocenters. The Bertz CT molecular complexity index is 864. The quantitative estimate of drug-likeness (QED) is 0.804. The molecule has 2 rings (SSSR count). The summed E-state index contributed by atoms with van der Waals surface area (Å²) in [6.45, 7) is 3.89. The van der Waals surface area contributed by atoms with Crippen LogP contribution in [0.2, 0.25) is 5.02 Å². The normalized spacial score (nSPS) is 12.6. The fraction of sp³-hybridized carbons (Fsp3) is 0.278. The molecular weight excluding hydrogens is 360 g/mol. The molecule has 1 amide bonds. The average molecular weight is 381 g/mol. The van der Waals surface area contributed by atoms with Crippen molar-refractivity contribution in [3.05, 3.63) is 64.2 Å². The monoisotopic (exact) mass is 380 g/mol. The number of aryl methyl sites for hydroxylation is 1. The number of anilines is 1. The van der Waals surface area contributed by atoms with Gasteiger partial charge in [-0.2, -0.15) is 0 Å². The van der Waals surface area contributed by atoms with Crippen LogP contribution in [0.3, 0.4) is 0 Å². The lowest BCUT2D eigenvalue weighted by molar-refractivity contribution is -0.116. The Hall–Kier alpha value is -1.89. The van der Waals surface area contributed by atoms with E-state index in [2.05, 4.69) is 10.0 Å². The Morgan fingerprint density at radius 3 is 2.36 bits per heavy atom. The second kappa shape index (κ2) is 7.99. The van der Waals surface area contributed by atoms with Gasteiger partial charge in [-0.15, -0.1) is 0 Å². The number of carbonyl (C=O) groups excluding carboxylic acids is 1. The Morgan fingerprint density at radius 2 is 1.76 bits per heavy atom. The Labute approximate surface area is 153 Å². The van der Waals surface area contributed by atoms with Crippen molar-refractivity contribution in [1.29, 1.82) is 0 Å². The van der Waals surface area contributed by atoms with E-state index in [9.17, 15) is 13.2 Å². The van der Waals surface area contributed by atoms with Crippen LogP contribution >= 0.6 is 11.6 Å². The van der Waals surface area contributed by atoms with Gasteiger partial charge >= 0.3 is 0 Å². The predicted molar refractivity (Wildman–Crippen MR) is 101 cm³/mol. The Morgan fingerprint density at radius 1 is 1.12 bits per heavy atom. The summed E-state index contributed by atoms with van der Waals surface area (Å²) in [4.78, 5) is 12.4. The van der Waals surface area contributed by atoms with Crippen molar-refractivity contribution in [2.45, 2.75) is 26.3 Å². The van der Waals surface area contributed by atoms with Crippen molar-refractivity contribution in [3.8, 4) is 0 Å². The summed E-state index contributed by atoms with van der Waals surface area (Å²) in [6, 6.07) is 11.7. The minimum atomic E-state index is -3.48. The fourth-order valence-corrected chi connectivity index (χ4v) is 3.32. The van der Waals surface area contributed by atoms with Crippen molar-refractivity contribution in [3.63, 3.8) is 0 Å². The van der Waals surface area contributed by atoms with Gasteiger partial charge in [0.15, 0.2) is 0 Å². The third-order valence-electron chi connectivity index (χ3n) is 3.90. The molecule has 0 aliphatic heterocycles. The number of rotatable bonds is 6. The number of halogens is 1. The van der Waals surface area contributed by atoms with Crippen LogP contribution in [-0.4, -0.2) is 20.6 Å². The third kappa shape index (κ3) is 5.85. The fourth-order valence-electron chi connectivity index (χ4n) is 2.45. The molecule has 0 heterocycles. The molecule has 0 aliphatic rings. The molecule has 0 bridgehead atoms. The molecule has 0 saturated carbocycles. The maximum atomic E-state index is 12.4. The van der Waals surface area contributed by atoms with Crippen LogP contribution in [0.25, 0.3) is 0 Å². The third-order valence-corrected chi connectivity index (χ3v) is 4.86. The molecule has 0 spiro atoms. The van der Waals surface area contributed by atoms with Crippen molar-refractivity contribution in [2.24, 2.45) is 0 Å². The van der Waals surface area contributed by atoms with Crippen LogP contribution in [0.15, 0.2) is 42.5 Å². The molecule has 2 aromatic carbocycles. The number of hydrogen-bond donors (Lipinski definition) is 2. The van der Waals surface area contributed by atoms with Gasteiger partial charge in [0.1, 0.15) is 0 Å². The summed E-state index contributed by atoms with van der Waals surface area (Å²) >= 11 is 5.88. The minimum absolute atomic E-state index is 0.0257. The summed E-state index contributed by atoms with van der Waals surface area (Å²) in [5.74, 6) is -0.273. The molecule has 2 aromatic rings. The van der Waals surface area contributed by atoms with Gasteiger partial charge in [0, 0.05) is 17.1 Å². The van der Waals surface area contributed by atoms with E-state index in [1.165, 1.54) is 0 Å². The van der Waals surface area contributed by atoms with Crippen LogP contribution in [0, 0.1) is 13.8 Å². The summed E-state index contributed by atoms with van der Waals surface area (Å²) in [5, 5.41) is 3.39. The van der Waals surface area contributed by atoms with Crippen molar-refractivity contribution in [2.75, 3.05) is 11.6 Å². The van der Waals surface area contributed by atoms with Gasteiger partial charge in [-0.25, -0.2) is 13.1 Å². The number of sulfonamides is 1. The molecule has 25 heavy (non-hydrogen) atoms. The first-order chi connectivity index (χ1) is 11.7. The molecule has 1 atom stereocenters. The summed E-state index contributed by atoms with van der Waals surface area (Å²) in [5.41, 5.74) is 3.45. The number of carbonyl (C=O) groups is 1. The van der Waals surface area contributed by atoms with Gasteiger partial charge in [0.05, 0.1) is 12.3 Å². The van der Waals surface area contributed by atoms with E-state index in [1.54, 1.807) is 24.3 Å². The molecular formula is C18H21ClN2O3S. The van der Waals surface area contributed by atoms with E-state index >= 15 is 0 Å². The van der Waals surface area contributed by atoms with E-state index in [4.69, 9.17) is 11.6 Å². The highest BCUT2D eigenvalue weighted by Crippen LogP contribution is 2.23. The van der Waals surface area contributed by atoms with E-state index in [0.29, 0.717) is 10.6 Å². The lowest BCUT2D eigenvalue weighted by Gasteiger charge is -2.18. The van der Waals surface area contributed by atoms with Crippen LogP contribution in [-0.2, 0) is 14.8 Å². The van der Waals surface area contributed by atoms with Crippen LogP contribution in [0.5, 0.6) is 0 Å². The summed E-state index contributed by atoms with van der Waals surface area (Å²) in [7, 11) is -3.48. The standard InChI is InChI=1S/C18H21ClN2O3S/c1-12-5-4-6-16(13(12)2)20-18(22)11-17(21-25(3,23)24)14-7-9-15(19)10-8-14/h4-10,17,21H,11H2,1-3H3,(H,20,22)/t17-/m0/s1. The first-order valence-corrected chi connectivity index (χ1v) is 10.0.